The molecule has 3 rings (SSSR count). The molecule has 2 N–H and O–H groups in total. The van der Waals surface area contributed by atoms with Crippen LogP contribution in [-0.2, 0) is 9.53 Å². The molecular formula is C21H26FN2O3+. The summed E-state index contributed by atoms with van der Waals surface area (Å²) < 4.78 is 24.4. The van der Waals surface area contributed by atoms with Crippen molar-refractivity contribution in [2.75, 3.05) is 39.5 Å². The smallest absolute Gasteiger partial charge is 0.258 e. The molecule has 27 heavy (non-hydrogen) atoms. The number of morpholine rings is 1. The number of aryl methyl sites for hydroxylation is 1. The van der Waals surface area contributed by atoms with Gasteiger partial charge >= 0.3 is 0 Å². The number of hydrogen-bond acceptors (Lipinski definition) is 3. The van der Waals surface area contributed by atoms with Crippen molar-refractivity contribution in [2.45, 2.75) is 13.0 Å². The Hall–Kier alpha value is -2.44. The zero-order valence-corrected chi connectivity index (χ0v) is 15.5. The van der Waals surface area contributed by atoms with E-state index in [0.717, 1.165) is 38.4 Å². The van der Waals surface area contributed by atoms with Crippen LogP contribution in [0.5, 0.6) is 5.75 Å². The average molecular weight is 373 g/mol. The molecule has 6 heteroatoms. The summed E-state index contributed by atoms with van der Waals surface area (Å²) in [6, 6.07) is 14.1. The van der Waals surface area contributed by atoms with Gasteiger partial charge in [-0.15, -0.1) is 0 Å². The zero-order chi connectivity index (χ0) is 19.1. The van der Waals surface area contributed by atoms with Gasteiger partial charge in [-0.05, 0) is 24.6 Å². The molecule has 1 amide bonds. The fraction of sp³-hybridized carbons (Fsp3) is 0.381. The second kappa shape index (κ2) is 9.48. The maximum absolute atomic E-state index is 13.6. The monoisotopic (exact) mass is 373 g/mol. The first-order valence-electron chi connectivity index (χ1n) is 9.26. The fourth-order valence-corrected chi connectivity index (χ4v) is 3.14. The number of rotatable bonds is 7. The number of para-hydroxylation sites is 1. The van der Waals surface area contributed by atoms with Gasteiger partial charge in [-0.3, -0.25) is 4.79 Å². The number of amides is 1. The van der Waals surface area contributed by atoms with Gasteiger partial charge in [0, 0.05) is 0 Å². The molecule has 1 aliphatic rings. The lowest BCUT2D eigenvalue weighted by Crippen LogP contribution is -3.14. The summed E-state index contributed by atoms with van der Waals surface area (Å²) in [6.07, 6.45) is 0. The largest absolute Gasteiger partial charge is 0.481 e. The predicted molar refractivity (Wildman–Crippen MR) is 100 cm³/mol. The average Bonchev–Trinajstić information content (AvgIpc) is 2.68. The Labute approximate surface area is 159 Å². The van der Waals surface area contributed by atoms with Crippen LogP contribution in [0, 0.1) is 12.7 Å². The lowest BCUT2D eigenvalue weighted by molar-refractivity contribution is -0.909. The minimum atomic E-state index is -0.474. The van der Waals surface area contributed by atoms with Crippen LogP contribution in [0.4, 0.5) is 4.39 Å². The first-order chi connectivity index (χ1) is 13.1. The van der Waals surface area contributed by atoms with Crippen molar-refractivity contribution in [2.24, 2.45) is 0 Å². The summed E-state index contributed by atoms with van der Waals surface area (Å²) in [5, 5.41) is 3.04. The van der Waals surface area contributed by atoms with E-state index < -0.39 is 5.82 Å². The van der Waals surface area contributed by atoms with E-state index in [-0.39, 0.29) is 24.3 Å². The maximum atomic E-state index is 13.6. The van der Waals surface area contributed by atoms with Gasteiger partial charge < -0.3 is 19.7 Å². The summed E-state index contributed by atoms with van der Waals surface area (Å²) in [4.78, 5) is 13.8. The van der Waals surface area contributed by atoms with Crippen molar-refractivity contribution in [3.63, 3.8) is 0 Å². The molecule has 1 aliphatic heterocycles. The van der Waals surface area contributed by atoms with Crippen molar-refractivity contribution < 1.29 is 23.6 Å². The second-order valence-electron chi connectivity index (χ2n) is 6.82. The van der Waals surface area contributed by atoms with Crippen molar-refractivity contribution >= 4 is 5.91 Å². The Balaban J connectivity index is 1.63. The van der Waals surface area contributed by atoms with E-state index in [1.54, 1.807) is 12.1 Å². The van der Waals surface area contributed by atoms with E-state index in [2.05, 4.69) is 5.32 Å². The number of hydrogen-bond donors (Lipinski definition) is 2. The van der Waals surface area contributed by atoms with Crippen LogP contribution in [0.3, 0.4) is 0 Å². The zero-order valence-electron chi connectivity index (χ0n) is 15.5. The highest BCUT2D eigenvalue weighted by Gasteiger charge is 2.23. The first kappa shape index (κ1) is 19.3. The van der Waals surface area contributed by atoms with Gasteiger partial charge in [0.1, 0.15) is 25.7 Å². The van der Waals surface area contributed by atoms with E-state index in [4.69, 9.17) is 9.47 Å². The molecule has 0 aromatic heterocycles. The molecule has 1 saturated heterocycles. The standard InChI is InChI=1S/C21H25FN2O3/c1-16-6-8-17(9-7-16)19(14-24-10-12-26-13-11-24)23-21(25)15-27-20-5-3-2-4-18(20)22/h2-9,19H,10-15H2,1H3,(H,23,25)/p+1/t19-/m1/s1. The minimum Gasteiger partial charge on any atom is -0.481 e. The van der Waals surface area contributed by atoms with Crippen LogP contribution in [0.1, 0.15) is 17.2 Å². The Morgan fingerprint density at radius 1 is 1.19 bits per heavy atom. The number of ether oxygens (including phenoxy) is 2. The Kier molecular flexibility index (Phi) is 6.79. The van der Waals surface area contributed by atoms with Gasteiger partial charge in [0.25, 0.3) is 5.91 Å². The lowest BCUT2D eigenvalue weighted by Gasteiger charge is -2.28. The number of quaternary nitrogens is 1. The molecule has 0 unspecified atom stereocenters. The number of halogens is 1. The van der Waals surface area contributed by atoms with Crippen molar-refractivity contribution in [3.8, 4) is 5.75 Å². The first-order valence-corrected chi connectivity index (χ1v) is 9.26. The third kappa shape index (κ3) is 5.77. The van der Waals surface area contributed by atoms with E-state index in [0.29, 0.717) is 0 Å². The number of carbonyl (C=O) groups excluding carboxylic acids is 1. The molecule has 144 valence electrons. The predicted octanol–water partition coefficient (Wildman–Crippen LogP) is 1.29. The van der Waals surface area contributed by atoms with Gasteiger partial charge in [0.2, 0.25) is 0 Å². The summed E-state index contributed by atoms with van der Waals surface area (Å²) in [5.74, 6) is -0.659. The van der Waals surface area contributed by atoms with Gasteiger partial charge in [-0.2, -0.15) is 0 Å². The molecule has 2 aromatic carbocycles. The van der Waals surface area contributed by atoms with Crippen molar-refractivity contribution in [1.29, 1.82) is 0 Å². The highest BCUT2D eigenvalue weighted by molar-refractivity contribution is 5.78. The molecular weight excluding hydrogens is 347 g/mol. The Morgan fingerprint density at radius 3 is 2.59 bits per heavy atom. The highest BCUT2D eigenvalue weighted by atomic mass is 19.1. The van der Waals surface area contributed by atoms with Crippen LogP contribution < -0.4 is 15.0 Å². The van der Waals surface area contributed by atoms with Crippen LogP contribution in [0.2, 0.25) is 0 Å². The summed E-state index contributed by atoms with van der Waals surface area (Å²) in [6.45, 7) is 5.90. The van der Waals surface area contributed by atoms with Gasteiger partial charge in [0.05, 0.1) is 13.2 Å². The lowest BCUT2D eigenvalue weighted by atomic mass is 10.0. The van der Waals surface area contributed by atoms with Crippen LogP contribution in [-0.4, -0.2) is 45.4 Å². The maximum Gasteiger partial charge on any atom is 0.258 e. The van der Waals surface area contributed by atoms with Crippen LogP contribution in [0.25, 0.3) is 0 Å². The Bertz CT molecular complexity index is 745. The number of benzene rings is 2. The van der Waals surface area contributed by atoms with Crippen molar-refractivity contribution in [3.05, 3.63) is 65.5 Å². The summed E-state index contributed by atoms with van der Waals surface area (Å²) in [7, 11) is 0. The topological polar surface area (TPSA) is 52.0 Å². The SMILES string of the molecule is Cc1ccc([C@@H](C[NH+]2CCOCC2)NC(=O)COc2ccccc2F)cc1. The summed E-state index contributed by atoms with van der Waals surface area (Å²) in [5.41, 5.74) is 2.23. The number of nitrogens with one attached hydrogen (secondary N) is 2. The van der Waals surface area contributed by atoms with E-state index >= 15 is 0 Å². The normalized spacial score (nSPS) is 15.9. The molecule has 1 heterocycles. The van der Waals surface area contributed by atoms with E-state index in [1.165, 1.54) is 22.6 Å². The Morgan fingerprint density at radius 2 is 1.89 bits per heavy atom. The molecule has 1 atom stereocenters. The second-order valence-corrected chi connectivity index (χ2v) is 6.82. The van der Waals surface area contributed by atoms with Gasteiger partial charge in [-0.1, -0.05) is 42.0 Å². The molecule has 0 radical (unpaired) electrons. The van der Waals surface area contributed by atoms with Gasteiger partial charge in [-0.25, -0.2) is 4.39 Å². The van der Waals surface area contributed by atoms with E-state index in [9.17, 15) is 9.18 Å². The van der Waals surface area contributed by atoms with Gasteiger partial charge in [0.15, 0.2) is 18.2 Å². The van der Waals surface area contributed by atoms with Crippen molar-refractivity contribution in [1.82, 2.24) is 5.32 Å². The molecule has 0 aliphatic carbocycles. The van der Waals surface area contributed by atoms with E-state index in [1.807, 2.05) is 31.2 Å². The highest BCUT2D eigenvalue weighted by Crippen LogP contribution is 2.16. The molecule has 5 nitrogen and oxygen atoms in total. The molecule has 2 aromatic rings. The number of carbonyl (C=O) groups is 1. The third-order valence-electron chi connectivity index (χ3n) is 4.70. The fourth-order valence-electron chi connectivity index (χ4n) is 3.14. The molecule has 0 saturated carbocycles. The van der Waals surface area contributed by atoms with Crippen LogP contribution in [0.15, 0.2) is 48.5 Å². The molecule has 1 fully saturated rings. The molecule has 0 spiro atoms. The quantitative estimate of drug-likeness (QED) is 0.769. The third-order valence-corrected chi connectivity index (χ3v) is 4.70. The summed E-state index contributed by atoms with van der Waals surface area (Å²) >= 11 is 0. The molecule has 0 bridgehead atoms. The minimum absolute atomic E-state index is 0.0818. The van der Waals surface area contributed by atoms with Crippen LogP contribution >= 0.6 is 0 Å².